The van der Waals surface area contributed by atoms with E-state index in [1.807, 2.05) is 13.0 Å². The van der Waals surface area contributed by atoms with Crippen LogP contribution in [0, 0.1) is 13.8 Å². The zero-order valence-electron chi connectivity index (χ0n) is 13.9. The Morgan fingerprint density at radius 2 is 2.00 bits per heavy atom. The maximum atomic E-state index is 6.05. The van der Waals surface area contributed by atoms with E-state index >= 15 is 0 Å². The fourth-order valence-electron chi connectivity index (χ4n) is 3.30. The highest BCUT2D eigenvalue weighted by Gasteiger charge is 2.35. The van der Waals surface area contributed by atoms with Gasteiger partial charge in [-0.05, 0) is 45.2 Å². The molecule has 0 amide bonds. The summed E-state index contributed by atoms with van der Waals surface area (Å²) < 4.78 is 8.23. The van der Waals surface area contributed by atoms with Gasteiger partial charge >= 0.3 is 6.85 Å². The van der Waals surface area contributed by atoms with Crippen LogP contribution in [-0.2, 0) is 7.05 Å². The minimum absolute atomic E-state index is 0.148. The van der Waals surface area contributed by atoms with Crippen molar-refractivity contribution in [1.29, 1.82) is 0 Å². The second kappa shape index (κ2) is 4.98. The molecule has 4 rings (SSSR count). The lowest BCUT2D eigenvalue weighted by Gasteiger charge is -2.24. The maximum absolute atomic E-state index is 6.05. The summed E-state index contributed by atoms with van der Waals surface area (Å²) in [6, 6.07) is 8.44. The summed E-state index contributed by atoms with van der Waals surface area (Å²) in [4.78, 5) is 6.69. The molecule has 4 heterocycles. The second-order valence-electron chi connectivity index (χ2n) is 6.28. The number of aromatic nitrogens is 2. The highest BCUT2D eigenvalue weighted by atomic mass is 16.4. The minimum atomic E-state index is 0.148. The van der Waals surface area contributed by atoms with Crippen molar-refractivity contribution < 1.29 is 8.98 Å². The van der Waals surface area contributed by atoms with Crippen molar-refractivity contribution >= 4 is 35.5 Å². The minimum Gasteiger partial charge on any atom is -0.423 e. The molecule has 1 aliphatic heterocycles. The summed E-state index contributed by atoms with van der Waals surface area (Å²) in [6.45, 7) is 4.24. The fourth-order valence-corrected chi connectivity index (χ4v) is 3.30. The van der Waals surface area contributed by atoms with Crippen molar-refractivity contribution in [3.05, 3.63) is 53.3 Å². The molecule has 0 saturated heterocycles. The number of rotatable bonds is 1. The highest BCUT2D eigenvalue weighted by Crippen LogP contribution is 2.35. The third-order valence-corrected chi connectivity index (χ3v) is 4.52. The predicted molar refractivity (Wildman–Crippen MR) is 93.9 cm³/mol. The molecular formula is C18H19BN3O+. The summed E-state index contributed by atoms with van der Waals surface area (Å²) in [5.74, 6) is 3.10. The molecule has 0 spiro atoms. The molecule has 0 bridgehead atoms. The van der Waals surface area contributed by atoms with Crippen LogP contribution < -0.4 is 15.0 Å². The van der Waals surface area contributed by atoms with Crippen molar-refractivity contribution in [3.8, 4) is 0 Å². The van der Waals surface area contributed by atoms with E-state index in [4.69, 9.17) is 4.42 Å². The zero-order chi connectivity index (χ0) is 16.1. The lowest BCUT2D eigenvalue weighted by Crippen LogP contribution is -2.60. The average Bonchev–Trinajstić information content (AvgIpc) is 2.87. The number of hydrogen-bond acceptors (Lipinski definition) is 3. The standard InChI is InChI=1S/C18H19BN3O/c1-12-5-8-16(21(3)11-12)19-10-9-15-14-7-6-13(2)20-17(14)23-18(15)22(19)4/h5-11H,1-4H3/q+1. The Labute approximate surface area is 136 Å². The summed E-state index contributed by atoms with van der Waals surface area (Å²) >= 11 is 0. The Bertz CT molecular complexity index is 945. The van der Waals surface area contributed by atoms with Crippen molar-refractivity contribution in [3.63, 3.8) is 0 Å². The Balaban J connectivity index is 1.83. The van der Waals surface area contributed by atoms with E-state index in [1.54, 1.807) is 0 Å². The van der Waals surface area contributed by atoms with E-state index < -0.39 is 0 Å². The molecule has 0 fully saturated rings. The fraction of sp³-hybridized carbons (Fsp3) is 0.222. The number of hydrogen-bond donors (Lipinski definition) is 0. The molecule has 23 heavy (non-hydrogen) atoms. The van der Waals surface area contributed by atoms with E-state index in [9.17, 15) is 0 Å². The number of anilines is 1. The van der Waals surface area contributed by atoms with Gasteiger partial charge in [0, 0.05) is 22.2 Å². The van der Waals surface area contributed by atoms with Gasteiger partial charge < -0.3 is 9.23 Å². The topological polar surface area (TPSA) is 33.2 Å². The first-order chi connectivity index (χ1) is 11.0. The Kier molecular flexibility index (Phi) is 3.05. The molecule has 3 aromatic rings. The first-order valence-corrected chi connectivity index (χ1v) is 7.82. The van der Waals surface area contributed by atoms with Crippen LogP contribution in [0.5, 0.6) is 0 Å². The quantitative estimate of drug-likeness (QED) is 0.510. The predicted octanol–water partition coefficient (Wildman–Crippen LogP) is 2.17. The molecule has 0 unspecified atom stereocenters. The van der Waals surface area contributed by atoms with Crippen LogP contribution >= 0.6 is 0 Å². The Morgan fingerprint density at radius 3 is 2.78 bits per heavy atom. The molecule has 0 atom stereocenters. The third-order valence-electron chi connectivity index (χ3n) is 4.52. The van der Waals surface area contributed by atoms with Crippen LogP contribution in [0.25, 0.3) is 17.2 Å². The molecule has 3 aromatic heterocycles. The molecule has 0 aliphatic carbocycles. The van der Waals surface area contributed by atoms with Gasteiger partial charge in [0.15, 0.2) is 17.7 Å². The van der Waals surface area contributed by atoms with E-state index in [2.05, 4.69) is 71.8 Å². The average molecular weight is 304 g/mol. The Morgan fingerprint density at radius 1 is 1.17 bits per heavy atom. The number of pyridine rings is 2. The molecular weight excluding hydrogens is 285 g/mol. The maximum Gasteiger partial charge on any atom is 0.398 e. The van der Waals surface area contributed by atoms with Crippen LogP contribution in [0.15, 0.2) is 40.9 Å². The van der Waals surface area contributed by atoms with Gasteiger partial charge in [0.1, 0.15) is 7.05 Å². The molecule has 114 valence electrons. The highest BCUT2D eigenvalue weighted by molar-refractivity contribution is 6.80. The lowest BCUT2D eigenvalue weighted by molar-refractivity contribution is -0.654. The lowest BCUT2D eigenvalue weighted by atomic mass is 9.55. The van der Waals surface area contributed by atoms with Gasteiger partial charge in [-0.15, -0.1) is 0 Å². The van der Waals surface area contributed by atoms with Gasteiger partial charge in [-0.1, -0.05) is 12.1 Å². The molecule has 1 aliphatic rings. The van der Waals surface area contributed by atoms with Gasteiger partial charge in [0.05, 0.1) is 0 Å². The summed E-state index contributed by atoms with van der Waals surface area (Å²) in [6.07, 6.45) is 4.30. The van der Waals surface area contributed by atoms with Crippen LogP contribution in [0.3, 0.4) is 0 Å². The van der Waals surface area contributed by atoms with Gasteiger partial charge in [-0.3, -0.25) is 0 Å². The van der Waals surface area contributed by atoms with Crippen LogP contribution in [0.1, 0.15) is 16.8 Å². The van der Waals surface area contributed by atoms with Gasteiger partial charge in [0.2, 0.25) is 5.71 Å². The summed E-state index contributed by atoms with van der Waals surface area (Å²) in [7, 11) is 4.16. The van der Waals surface area contributed by atoms with E-state index in [1.165, 1.54) is 11.2 Å². The van der Waals surface area contributed by atoms with Gasteiger partial charge in [0.25, 0.3) is 0 Å². The smallest absolute Gasteiger partial charge is 0.398 e. The van der Waals surface area contributed by atoms with Crippen molar-refractivity contribution in [2.75, 3.05) is 11.9 Å². The van der Waals surface area contributed by atoms with Crippen molar-refractivity contribution in [1.82, 2.24) is 4.98 Å². The number of furan rings is 1. The molecule has 0 N–H and O–H groups in total. The second-order valence-corrected chi connectivity index (χ2v) is 6.28. The van der Waals surface area contributed by atoms with E-state index in [0.717, 1.165) is 22.5 Å². The molecule has 0 aromatic carbocycles. The van der Waals surface area contributed by atoms with Gasteiger partial charge in [-0.2, -0.15) is 0 Å². The number of nitrogens with zero attached hydrogens (tertiary/aromatic N) is 3. The summed E-state index contributed by atoms with van der Waals surface area (Å²) in [5, 5.41) is 1.07. The largest absolute Gasteiger partial charge is 0.423 e. The number of fused-ring (bicyclic) bond motifs is 3. The zero-order valence-corrected chi connectivity index (χ0v) is 13.9. The molecule has 0 radical (unpaired) electrons. The normalized spacial score (nSPS) is 13.7. The summed E-state index contributed by atoms with van der Waals surface area (Å²) in [5.41, 5.74) is 5.27. The van der Waals surface area contributed by atoms with Crippen LogP contribution in [0.2, 0.25) is 0 Å². The first-order valence-electron chi connectivity index (χ1n) is 7.82. The first kappa shape index (κ1) is 14.1. The molecule has 5 heteroatoms. The monoisotopic (exact) mass is 304 g/mol. The van der Waals surface area contributed by atoms with Crippen molar-refractivity contribution in [2.24, 2.45) is 7.05 Å². The molecule has 0 saturated carbocycles. The van der Waals surface area contributed by atoms with E-state index in [-0.39, 0.29) is 6.85 Å². The Hall–Kier alpha value is -2.56. The number of aryl methyl sites for hydroxylation is 3. The van der Waals surface area contributed by atoms with Gasteiger partial charge in [-0.25, -0.2) is 9.55 Å². The van der Waals surface area contributed by atoms with Crippen molar-refractivity contribution in [2.45, 2.75) is 13.8 Å². The van der Waals surface area contributed by atoms with Crippen LogP contribution in [-0.4, -0.2) is 18.9 Å². The SMILES string of the molecule is Cc1ccc(B2C=Cc3c(oc4nc(C)ccc34)N2C)[n+](C)c1. The third kappa shape index (κ3) is 2.15. The van der Waals surface area contributed by atoms with Crippen LogP contribution in [0.4, 0.5) is 5.88 Å². The molecule has 4 nitrogen and oxygen atoms in total. The van der Waals surface area contributed by atoms with E-state index in [0.29, 0.717) is 5.71 Å².